The first-order valence-electron chi connectivity index (χ1n) is 5.79. The van der Waals surface area contributed by atoms with Gasteiger partial charge in [-0.2, -0.15) is 0 Å². The summed E-state index contributed by atoms with van der Waals surface area (Å²) in [5.74, 6) is 0. The second-order valence-electron chi connectivity index (χ2n) is 4.09. The van der Waals surface area contributed by atoms with Gasteiger partial charge in [0, 0.05) is 4.88 Å². The summed E-state index contributed by atoms with van der Waals surface area (Å²) in [5, 5.41) is 4.77. The highest BCUT2D eigenvalue weighted by molar-refractivity contribution is 7.11. The van der Waals surface area contributed by atoms with Gasteiger partial charge in [0.25, 0.3) is 0 Å². The van der Waals surface area contributed by atoms with Crippen molar-refractivity contribution in [3.8, 4) is 0 Å². The van der Waals surface area contributed by atoms with Crippen molar-refractivity contribution in [3.05, 3.63) is 15.6 Å². The predicted octanol–water partition coefficient (Wildman–Crippen LogP) is 3.25. The van der Waals surface area contributed by atoms with Crippen LogP contribution in [0.1, 0.15) is 49.7 Å². The van der Waals surface area contributed by atoms with Crippen molar-refractivity contribution in [2.75, 3.05) is 6.54 Å². The summed E-state index contributed by atoms with van der Waals surface area (Å²) in [4.78, 5) is 6.11. The van der Waals surface area contributed by atoms with E-state index in [4.69, 9.17) is 4.98 Å². The predicted molar refractivity (Wildman–Crippen MR) is 67.5 cm³/mol. The lowest BCUT2D eigenvalue weighted by Crippen LogP contribution is -2.38. The third-order valence-electron chi connectivity index (χ3n) is 2.97. The molecule has 1 aromatic heterocycles. The van der Waals surface area contributed by atoms with E-state index in [9.17, 15) is 0 Å². The van der Waals surface area contributed by atoms with Crippen LogP contribution < -0.4 is 5.32 Å². The highest BCUT2D eigenvalue weighted by Gasteiger charge is 2.27. The zero-order chi connectivity index (χ0) is 11.5. The van der Waals surface area contributed by atoms with Crippen molar-refractivity contribution in [1.82, 2.24) is 10.3 Å². The molecule has 0 aliphatic carbocycles. The number of hydrogen-bond acceptors (Lipinski definition) is 3. The van der Waals surface area contributed by atoms with Gasteiger partial charge in [-0.15, -0.1) is 11.3 Å². The average Bonchev–Trinajstić information content (AvgIpc) is 2.60. The van der Waals surface area contributed by atoms with E-state index in [0.717, 1.165) is 19.4 Å². The molecule has 3 heteroatoms. The van der Waals surface area contributed by atoms with Gasteiger partial charge in [-0.3, -0.25) is 0 Å². The molecule has 0 aliphatic heterocycles. The molecule has 0 amide bonds. The molecular formula is C12H22N2S. The second-order valence-corrected chi connectivity index (χ2v) is 5.29. The van der Waals surface area contributed by atoms with E-state index in [1.165, 1.54) is 15.6 Å². The molecule has 0 fully saturated rings. The quantitative estimate of drug-likeness (QED) is 0.833. The van der Waals surface area contributed by atoms with Crippen LogP contribution in [0.2, 0.25) is 0 Å². The Hall–Kier alpha value is -0.410. The zero-order valence-corrected chi connectivity index (χ0v) is 11.3. The van der Waals surface area contributed by atoms with Crippen LogP contribution in [0.25, 0.3) is 0 Å². The molecule has 2 nitrogen and oxygen atoms in total. The molecule has 0 spiro atoms. The maximum absolute atomic E-state index is 4.75. The summed E-state index contributed by atoms with van der Waals surface area (Å²) in [5.41, 5.74) is 1.31. The molecule has 1 heterocycles. The summed E-state index contributed by atoms with van der Waals surface area (Å²) in [7, 11) is 0. The van der Waals surface area contributed by atoms with Crippen LogP contribution in [0.4, 0.5) is 0 Å². The number of thiazole rings is 1. The minimum atomic E-state index is 0.0532. The smallest absolute Gasteiger partial charge is 0.113 e. The normalized spacial score (nSPS) is 15.3. The lowest BCUT2D eigenvalue weighted by Gasteiger charge is -2.26. The second kappa shape index (κ2) is 5.08. The number of aromatic nitrogens is 1. The summed E-state index contributed by atoms with van der Waals surface area (Å²) < 4.78 is 0. The maximum atomic E-state index is 4.75. The van der Waals surface area contributed by atoms with Gasteiger partial charge in [0.2, 0.25) is 0 Å². The monoisotopic (exact) mass is 226 g/mol. The van der Waals surface area contributed by atoms with Crippen molar-refractivity contribution in [1.29, 1.82) is 0 Å². The molecule has 86 valence electrons. The molecule has 15 heavy (non-hydrogen) atoms. The van der Waals surface area contributed by atoms with E-state index < -0.39 is 0 Å². The van der Waals surface area contributed by atoms with Gasteiger partial charge < -0.3 is 5.32 Å². The van der Waals surface area contributed by atoms with Gasteiger partial charge in [-0.05, 0) is 33.2 Å². The minimum Gasteiger partial charge on any atom is -0.306 e. The molecule has 0 saturated heterocycles. The van der Waals surface area contributed by atoms with Gasteiger partial charge in [-0.25, -0.2) is 4.98 Å². The summed E-state index contributed by atoms with van der Waals surface area (Å²) in [6.07, 6.45) is 2.12. The molecule has 1 N–H and O–H groups in total. The van der Waals surface area contributed by atoms with E-state index >= 15 is 0 Å². The first kappa shape index (κ1) is 12.7. The number of nitrogens with one attached hydrogen (secondary N) is 1. The molecule has 0 bridgehead atoms. The third-order valence-corrected chi connectivity index (χ3v) is 4.25. The van der Waals surface area contributed by atoms with Crippen molar-refractivity contribution < 1.29 is 0 Å². The highest BCUT2D eigenvalue weighted by Crippen LogP contribution is 2.30. The molecule has 1 unspecified atom stereocenters. The molecule has 0 aromatic carbocycles. The Morgan fingerprint density at radius 3 is 2.40 bits per heavy atom. The standard InChI is InChI=1S/C12H22N2S/c1-6-10-9(4)15-11(14-10)12(5,7-2)13-8-3/h13H,6-8H2,1-5H3. The fourth-order valence-corrected chi connectivity index (χ4v) is 2.93. The molecule has 0 radical (unpaired) electrons. The maximum Gasteiger partial charge on any atom is 0.113 e. The molecule has 1 aromatic rings. The average molecular weight is 226 g/mol. The number of nitrogens with zero attached hydrogens (tertiary/aromatic N) is 1. The first-order valence-corrected chi connectivity index (χ1v) is 6.60. The van der Waals surface area contributed by atoms with Gasteiger partial charge in [-0.1, -0.05) is 20.8 Å². The largest absolute Gasteiger partial charge is 0.306 e. The van der Waals surface area contributed by atoms with Crippen molar-refractivity contribution in [3.63, 3.8) is 0 Å². The summed E-state index contributed by atoms with van der Waals surface area (Å²) >= 11 is 1.84. The molecular weight excluding hydrogens is 204 g/mol. The van der Waals surface area contributed by atoms with Crippen molar-refractivity contribution in [2.45, 2.75) is 53.0 Å². The third kappa shape index (κ3) is 2.58. The SMILES string of the molecule is CCNC(C)(CC)c1nc(CC)c(C)s1. The van der Waals surface area contributed by atoms with Crippen LogP contribution in [0.3, 0.4) is 0 Å². The fourth-order valence-electron chi connectivity index (χ4n) is 1.73. The van der Waals surface area contributed by atoms with Crippen LogP contribution in [0.5, 0.6) is 0 Å². The highest BCUT2D eigenvalue weighted by atomic mass is 32.1. The number of aryl methyl sites for hydroxylation is 2. The Morgan fingerprint density at radius 2 is 2.00 bits per heavy atom. The van der Waals surface area contributed by atoms with Crippen molar-refractivity contribution in [2.24, 2.45) is 0 Å². The van der Waals surface area contributed by atoms with Crippen LogP contribution in [0, 0.1) is 6.92 Å². The van der Waals surface area contributed by atoms with Gasteiger partial charge in [0.15, 0.2) is 0 Å². The van der Waals surface area contributed by atoms with Gasteiger partial charge in [0.1, 0.15) is 5.01 Å². The van der Waals surface area contributed by atoms with Crippen molar-refractivity contribution >= 4 is 11.3 Å². The molecule has 1 atom stereocenters. The fraction of sp³-hybridized carbons (Fsp3) is 0.750. The van der Waals surface area contributed by atoms with Gasteiger partial charge in [0.05, 0.1) is 11.2 Å². The van der Waals surface area contributed by atoms with E-state index in [1.807, 2.05) is 11.3 Å². The van der Waals surface area contributed by atoms with Crippen LogP contribution in [-0.2, 0) is 12.0 Å². The molecule has 1 rings (SSSR count). The van der Waals surface area contributed by atoms with Crippen LogP contribution in [0.15, 0.2) is 0 Å². The Balaban J connectivity index is 3.01. The Labute approximate surface area is 97.1 Å². The molecule has 0 aliphatic rings. The Morgan fingerprint density at radius 1 is 1.33 bits per heavy atom. The van der Waals surface area contributed by atoms with E-state index in [-0.39, 0.29) is 5.54 Å². The van der Waals surface area contributed by atoms with Gasteiger partial charge >= 0.3 is 0 Å². The number of hydrogen-bond donors (Lipinski definition) is 1. The van der Waals surface area contributed by atoms with E-state index in [2.05, 4.69) is 39.9 Å². The zero-order valence-electron chi connectivity index (χ0n) is 10.5. The van der Waals surface area contributed by atoms with Crippen LogP contribution >= 0.6 is 11.3 Å². The van der Waals surface area contributed by atoms with Crippen LogP contribution in [-0.4, -0.2) is 11.5 Å². The Kier molecular flexibility index (Phi) is 4.29. The topological polar surface area (TPSA) is 24.9 Å². The lowest BCUT2D eigenvalue weighted by molar-refractivity contribution is 0.361. The number of rotatable bonds is 5. The Bertz CT molecular complexity index is 319. The summed E-state index contributed by atoms with van der Waals surface area (Å²) in [6, 6.07) is 0. The molecule has 0 saturated carbocycles. The first-order chi connectivity index (χ1) is 7.07. The minimum absolute atomic E-state index is 0.0532. The summed E-state index contributed by atoms with van der Waals surface area (Å²) in [6.45, 7) is 11.9. The van der Waals surface area contributed by atoms with E-state index in [1.54, 1.807) is 0 Å². The lowest BCUT2D eigenvalue weighted by atomic mass is 10.00. The van der Waals surface area contributed by atoms with E-state index in [0.29, 0.717) is 0 Å².